The zero-order valence-corrected chi connectivity index (χ0v) is 17.1. The van der Waals surface area contributed by atoms with Crippen LogP contribution >= 0.6 is 12.4 Å². The van der Waals surface area contributed by atoms with Crippen LogP contribution in [0, 0.1) is 5.82 Å². The van der Waals surface area contributed by atoms with Crippen molar-refractivity contribution in [1.82, 2.24) is 10.2 Å². The molecule has 29 heavy (non-hydrogen) atoms. The Hall–Kier alpha value is -2.51. The SMILES string of the molecule is COc1cccc(F)c1OCC[C@@H]1CN(C(=O)OCc2ccccc2)CCN1.Cl. The van der Waals surface area contributed by atoms with Crippen LogP contribution in [-0.4, -0.2) is 50.4 Å². The van der Waals surface area contributed by atoms with Gasteiger partial charge in [-0.1, -0.05) is 36.4 Å². The molecule has 0 aliphatic carbocycles. The normalized spacial score (nSPS) is 15.9. The second kappa shape index (κ2) is 11.5. The molecule has 1 aliphatic rings. The molecule has 1 aliphatic heterocycles. The smallest absolute Gasteiger partial charge is 0.410 e. The van der Waals surface area contributed by atoms with Crippen LogP contribution in [0.3, 0.4) is 0 Å². The number of benzene rings is 2. The minimum atomic E-state index is -0.456. The van der Waals surface area contributed by atoms with Gasteiger partial charge in [-0.3, -0.25) is 0 Å². The van der Waals surface area contributed by atoms with Gasteiger partial charge in [0.15, 0.2) is 17.3 Å². The number of hydrogen-bond donors (Lipinski definition) is 1. The van der Waals surface area contributed by atoms with E-state index in [1.165, 1.54) is 13.2 Å². The molecule has 1 heterocycles. The molecule has 1 N–H and O–H groups in total. The molecule has 0 aromatic heterocycles. The quantitative estimate of drug-likeness (QED) is 0.735. The van der Waals surface area contributed by atoms with Gasteiger partial charge in [-0.2, -0.15) is 0 Å². The lowest BCUT2D eigenvalue weighted by molar-refractivity contribution is 0.0826. The number of piperazine rings is 1. The predicted molar refractivity (Wildman–Crippen MR) is 110 cm³/mol. The van der Waals surface area contributed by atoms with Gasteiger partial charge in [0.25, 0.3) is 0 Å². The van der Waals surface area contributed by atoms with Crippen LogP contribution in [0.1, 0.15) is 12.0 Å². The average Bonchev–Trinajstić information content (AvgIpc) is 2.74. The summed E-state index contributed by atoms with van der Waals surface area (Å²) in [6.45, 7) is 2.35. The van der Waals surface area contributed by atoms with Crippen molar-refractivity contribution in [1.29, 1.82) is 0 Å². The lowest BCUT2D eigenvalue weighted by Crippen LogP contribution is -2.53. The van der Waals surface area contributed by atoms with Crippen molar-refractivity contribution in [2.45, 2.75) is 19.1 Å². The van der Waals surface area contributed by atoms with Crippen molar-refractivity contribution in [3.8, 4) is 11.5 Å². The van der Waals surface area contributed by atoms with E-state index in [9.17, 15) is 9.18 Å². The Morgan fingerprint density at radius 1 is 1.21 bits per heavy atom. The van der Waals surface area contributed by atoms with Crippen LogP contribution < -0.4 is 14.8 Å². The third-order valence-corrected chi connectivity index (χ3v) is 4.58. The summed E-state index contributed by atoms with van der Waals surface area (Å²) in [7, 11) is 1.48. The first-order valence-corrected chi connectivity index (χ1v) is 9.31. The van der Waals surface area contributed by atoms with E-state index in [1.54, 1.807) is 17.0 Å². The van der Waals surface area contributed by atoms with Gasteiger partial charge >= 0.3 is 6.09 Å². The highest BCUT2D eigenvalue weighted by molar-refractivity contribution is 5.85. The first-order chi connectivity index (χ1) is 13.7. The van der Waals surface area contributed by atoms with Gasteiger partial charge in [-0.05, 0) is 24.1 Å². The maximum atomic E-state index is 13.9. The average molecular weight is 425 g/mol. The molecule has 0 radical (unpaired) electrons. The first-order valence-electron chi connectivity index (χ1n) is 9.31. The number of halogens is 2. The Labute approximate surface area is 176 Å². The van der Waals surface area contributed by atoms with Gasteiger partial charge in [-0.25, -0.2) is 9.18 Å². The van der Waals surface area contributed by atoms with Gasteiger partial charge in [-0.15, -0.1) is 12.4 Å². The van der Waals surface area contributed by atoms with Crippen molar-refractivity contribution < 1.29 is 23.4 Å². The molecule has 6 nitrogen and oxygen atoms in total. The van der Waals surface area contributed by atoms with Crippen LogP contribution in [-0.2, 0) is 11.3 Å². The van der Waals surface area contributed by atoms with E-state index in [0.29, 0.717) is 38.4 Å². The maximum Gasteiger partial charge on any atom is 0.410 e. The monoisotopic (exact) mass is 424 g/mol. The molecule has 1 fully saturated rings. The molecule has 158 valence electrons. The molecule has 0 unspecified atom stereocenters. The zero-order chi connectivity index (χ0) is 19.8. The van der Waals surface area contributed by atoms with Gasteiger partial charge in [0, 0.05) is 25.7 Å². The van der Waals surface area contributed by atoms with E-state index in [0.717, 1.165) is 5.56 Å². The van der Waals surface area contributed by atoms with Crippen molar-refractivity contribution in [2.75, 3.05) is 33.4 Å². The van der Waals surface area contributed by atoms with E-state index >= 15 is 0 Å². The number of ether oxygens (including phenoxy) is 3. The molecule has 0 bridgehead atoms. The lowest BCUT2D eigenvalue weighted by Gasteiger charge is -2.33. The van der Waals surface area contributed by atoms with E-state index in [4.69, 9.17) is 14.2 Å². The van der Waals surface area contributed by atoms with Crippen LogP contribution in [0.4, 0.5) is 9.18 Å². The largest absolute Gasteiger partial charge is 0.493 e. The third-order valence-electron chi connectivity index (χ3n) is 4.58. The second-order valence-electron chi connectivity index (χ2n) is 6.55. The Bertz CT molecular complexity index is 779. The van der Waals surface area contributed by atoms with E-state index in [-0.39, 0.29) is 36.9 Å². The molecule has 2 aromatic carbocycles. The molecule has 0 saturated carbocycles. The maximum absolute atomic E-state index is 13.9. The molecule has 2 aromatic rings. The topological polar surface area (TPSA) is 60.0 Å². The minimum absolute atomic E-state index is 0. The summed E-state index contributed by atoms with van der Waals surface area (Å²) in [6, 6.07) is 14.2. The highest BCUT2D eigenvalue weighted by atomic mass is 35.5. The van der Waals surface area contributed by atoms with Gasteiger partial charge in [0.2, 0.25) is 0 Å². The number of para-hydroxylation sites is 1. The van der Waals surface area contributed by atoms with Gasteiger partial charge < -0.3 is 24.4 Å². The Kier molecular flexibility index (Phi) is 9.02. The van der Waals surface area contributed by atoms with Crippen LogP contribution in [0.25, 0.3) is 0 Å². The molecule has 1 atom stereocenters. The minimum Gasteiger partial charge on any atom is -0.493 e. The number of nitrogens with zero attached hydrogens (tertiary/aromatic N) is 1. The molecule has 8 heteroatoms. The summed E-state index contributed by atoms with van der Waals surface area (Å²) in [5, 5.41) is 3.35. The van der Waals surface area contributed by atoms with Crippen molar-refractivity contribution in [2.24, 2.45) is 0 Å². The third kappa shape index (κ3) is 6.51. The van der Waals surface area contributed by atoms with Crippen LogP contribution in [0.5, 0.6) is 11.5 Å². The fourth-order valence-corrected chi connectivity index (χ4v) is 3.09. The fourth-order valence-electron chi connectivity index (χ4n) is 3.09. The summed E-state index contributed by atoms with van der Waals surface area (Å²) >= 11 is 0. The van der Waals surface area contributed by atoms with Gasteiger partial charge in [0.05, 0.1) is 13.7 Å². The highest BCUT2D eigenvalue weighted by Gasteiger charge is 2.24. The highest BCUT2D eigenvalue weighted by Crippen LogP contribution is 2.29. The molecule has 3 rings (SSSR count). The van der Waals surface area contributed by atoms with Crippen LogP contribution in [0.2, 0.25) is 0 Å². The van der Waals surface area contributed by atoms with E-state index < -0.39 is 5.82 Å². The Morgan fingerprint density at radius 3 is 2.76 bits per heavy atom. The Morgan fingerprint density at radius 2 is 2.00 bits per heavy atom. The summed E-state index contributed by atoms with van der Waals surface area (Å²) in [6.07, 6.45) is 0.298. The molecular formula is C21H26ClFN2O4. The number of nitrogens with one attached hydrogen (secondary N) is 1. The van der Waals surface area contributed by atoms with Crippen LogP contribution in [0.15, 0.2) is 48.5 Å². The summed E-state index contributed by atoms with van der Waals surface area (Å²) in [5.41, 5.74) is 0.953. The van der Waals surface area contributed by atoms with Crippen molar-refractivity contribution in [3.05, 3.63) is 59.9 Å². The van der Waals surface area contributed by atoms with Crippen molar-refractivity contribution in [3.63, 3.8) is 0 Å². The Balaban J connectivity index is 0.00000300. The molecule has 1 amide bonds. The molecular weight excluding hydrogens is 399 g/mol. The number of rotatable bonds is 7. The number of methoxy groups -OCH3 is 1. The number of carbonyl (C=O) groups excluding carboxylic acids is 1. The van der Waals surface area contributed by atoms with E-state index in [1.807, 2.05) is 30.3 Å². The number of amides is 1. The standard InChI is InChI=1S/C21H25FN2O4.ClH/c1-26-19-9-5-8-18(22)20(19)27-13-10-17-14-24(12-11-23-17)21(25)28-15-16-6-3-2-4-7-16;/h2-9,17,23H,10-15H2,1H3;1H/t17-;/m1./s1. The zero-order valence-electron chi connectivity index (χ0n) is 16.3. The summed E-state index contributed by atoms with van der Waals surface area (Å²) in [4.78, 5) is 14.0. The van der Waals surface area contributed by atoms with Gasteiger partial charge in [0.1, 0.15) is 6.61 Å². The fraction of sp³-hybridized carbons (Fsp3) is 0.381. The second-order valence-corrected chi connectivity index (χ2v) is 6.55. The van der Waals surface area contributed by atoms with E-state index in [2.05, 4.69) is 5.32 Å². The lowest BCUT2D eigenvalue weighted by atomic mass is 10.1. The molecule has 0 spiro atoms. The number of hydrogen-bond acceptors (Lipinski definition) is 5. The summed E-state index contributed by atoms with van der Waals surface area (Å²) < 4.78 is 30.0. The summed E-state index contributed by atoms with van der Waals surface area (Å²) in [5.74, 6) is 0.0183. The first kappa shape index (κ1) is 22.8. The molecule has 1 saturated heterocycles. The predicted octanol–water partition coefficient (Wildman–Crippen LogP) is 3.64. The van der Waals surface area contributed by atoms with Crippen molar-refractivity contribution >= 4 is 18.5 Å². The number of carbonyl (C=O) groups is 1.